The van der Waals surface area contributed by atoms with Crippen molar-refractivity contribution in [2.75, 3.05) is 64.0 Å². The van der Waals surface area contributed by atoms with Crippen molar-refractivity contribution in [1.29, 1.82) is 0 Å². The van der Waals surface area contributed by atoms with Crippen molar-refractivity contribution < 1.29 is 66.5 Å². The van der Waals surface area contributed by atoms with E-state index >= 15 is 0 Å². The lowest BCUT2D eigenvalue weighted by Crippen LogP contribution is -3.00. The van der Waals surface area contributed by atoms with Gasteiger partial charge in [-0.1, -0.05) is 0 Å². The van der Waals surface area contributed by atoms with Gasteiger partial charge in [-0.15, -0.1) is 0 Å². The number of quaternary nitrogens is 2. The van der Waals surface area contributed by atoms with Crippen LogP contribution < -0.4 is 58.6 Å². The predicted molar refractivity (Wildman–Crippen MR) is 152 cm³/mol. The molecule has 0 radical (unpaired) electrons. The summed E-state index contributed by atoms with van der Waals surface area (Å²) in [6.45, 7) is 21.3. The number of anilines is 2. The highest BCUT2D eigenvalue weighted by Crippen LogP contribution is 2.32. The normalized spacial score (nSPS) is 11.3. The maximum atomic E-state index is 12.8. The molecule has 0 fully saturated rings. The molecule has 0 aliphatic carbocycles. The van der Waals surface area contributed by atoms with E-state index in [1.54, 1.807) is 0 Å². The van der Waals surface area contributed by atoms with Crippen LogP contribution in [0.3, 0.4) is 0 Å². The molecule has 8 heteroatoms. The molecule has 2 aromatic carbocycles. The first kappa shape index (κ1) is 36.8. The van der Waals surface area contributed by atoms with Crippen LogP contribution in [0.5, 0.6) is 0 Å². The minimum atomic E-state index is 0. The minimum absolute atomic E-state index is 0. The van der Waals surface area contributed by atoms with E-state index in [1.165, 1.54) is 0 Å². The first-order chi connectivity index (χ1) is 16.8. The van der Waals surface area contributed by atoms with E-state index in [4.69, 9.17) is 0 Å². The van der Waals surface area contributed by atoms with E-state index in [0.717, 1.165) is 79.9 Å². The zero-order valence-corrected chi connectivity index (χ0v) is 29.3. The highest BCUT2D eigenvalue weighted by Gasteiger charge is 2.23. The molecule has 6 nitrogen and oxygen atoms in total. The molecule has 0 atom stereocenters. The standard InChI is InChI=1S/C30H46N4O2.2HI/c1-11-33(9,12-2)19-27(35)31-29-21(5)15-25(16-22(29)6)26-17-23(7)30(24(8)18-26)32-28(36)20-34(10,13-3)14-4;;/h15-18H,11-14,19-20H2,1-10H3;2*1H. The summed E-state index contributed by atoms with van der Waals surface area (Å²) in [4.78, 5) is 25.6. The minimum Gasteiger partial charge on any atom is -1.00 e. The van der Waals surface area contributed by atoms with Crippen LogP contribution in [0, 0.1) is 27.7 Å². The summed E-state index contributed by atoms with van der Waals surface area (Å²) >= 11 is 0. The van der Waals surface area contributed by atoms with Crippen LogP contribution in [0.15, 0.2) is 24.3 Å². The number of aryl methyl sites for hydroxylation is 4. The van der Waals surface area contributed by atoms with Crippen molar-refractivity contribution in [2.24, 2.45) is 0 Å². The molecule has 0 aliphatic heterocycles. The maximum absolute atomic E-state index is 12.8. The first-order valence-corrected chi connectivity index (χ1v) is 13.3. The van der Waals surface area contributed by atoms with Gasteiger partial charge in [0.25, 0.3) is 11.8 Å². The van der Waals surface area contributed by atoms with Gasteiger partial charge in [-0.25, -0.2) is 0 Å². The van der Waals surface area contributed by atoms with E-state index in [-0.39, 0.29) is 59.8 Å². The van der Waals surface area contributed by atoms with Gasteiger partial charge in [-0.3, -0.25) is 9.59 Å². The van der Waals surface area contributed by atoms with Crippen LogP contribution in [-0.2, 0) is 9.59 Å². The summed E-state index contributed by atoms with van der Waals surface area (Å²) in [6.07, 6.45) is 0. The number of amides is 2. The molecule has 2 rings (SSSR count). The Hall–Kier alpha value is -1.24. The van der Waals surface area contributed by atoms with Gasteiger partial charge in [-0.05, 0) is 113 Å². The van der Waals surface area contributed by atoms with Crippen molar-refractivity contribution >= 4 is 23.2 Å². The second-order valence-electron chi connectivity index (χ2n) is 10.9. The SMILES string of the molecule is CC[N+](C)(CC)CC(=O)Nc1c(C)cc(-c2cc(C)c(NC(=O)C[N+](C)(CC)CC)c(C)c2)cc1C.[I-].[I-]. The molecule has 2 N–H and O–H groups in total. The molecule has 0 unspecified atom stereocenters. The Balaban J connectivity index is 0.00000684. The number of hydrogen-bond donors (Lipinski definition) is 2. The monoisotopic (exact) mass is 750 g/mol. The summed E-state index contributed by atoms with van der Waals surface area (Å²) < 4.78 is 1.44. The number of benzene rings is 2. The smallest absolute Gasteiger partial charge is 0.279 e. The molecular formula is C30H48I2N4O2. The topological polar surface area (TPSA) is 58.2 Å². The summed E-state index contributed by atoms with van der Waals surface area (Å²) in [5.41, 5.74) is 8.19. The van der Waals surface area contributed by atoms with E-state index in [1.807, 2.05) is 27.7 Å². The fourth-order valence-electron chi connectivity index (χ4n) is 4.60. The van der Waals surface area contributed by atoms with E-state index in [2.05, 4.69) is 76.7 Å². The maximum Gasteiger partial charge on any atom is 0.279 e. The fourth-order valence-corrected chi connectivity index (χ4v) is 4.60. The quantitative estimate of drug-likeness (QED) is 0.240. The molecule has 38 heavy (non-hydrogen) atoms. The lowest BCUT2D eigenvalue weighted by atomic mass is 9.95. The van der Waals surface area contributed by atoms with Gasteiger partial charge in [0.05, 0.1) is 40.3 Å². The summed E-state index contributed by atoms with van der Waals surface area (Å²) in [5.74, 6) is 0.0978. The molecule has 0 aliphatic rings. The van der Waals surface area contributed by atoms with Gasteiger partial charge in [0, 0.05) is 11.4 Å². The molecule has 0 saturated heterocycles. The Morgan fingerprint density at radius 2 is 0.816 bits per heavy atom. The fraction of sp³-hybridized carbons (Fsp3) is 0.533. The van der Waals surface area contributed by atoms with Crippen molar-refractivity contribution in [1.82, 2.24) is 0 Å². The molecule has 0 heterocycles. The van der Waals surface area contributed by atoms with E-state index in [0.29, 0.717) is 13.1 Å². The van der Waals surface area contributed by atoms with Crippen molar-refractivity contribution in [3.8, 4) is 11.1 Å². The molecule has 214 valence electrons. The molecule has 0 bridgehead atoms. The molecule has 2 amide bonds. The first-order valence-electron chi connectivity index (χ1n) is 13.3. The number of carbonyl (C=O) groups excluding carboxylic acids is 2. The van der Waals surface area contributed by atoms with E-state index < -0.39 is 0 Å². The van der Waals surface area contributed by atoms with Crippen molar-refractivity contribution in [3.63, 3.8) is 0 Å². The summed E-state index contributed by atoms with van der Waals surface area (Å²) in [7, 11) is 4.23. The van der Waals surface area contributed by atoms with Crippen LogP contribution >= 0.6 is 0 Å². The van der Waals surface area contributed by atoms with Gasteiger partial charge in [0.15, 0.2) is 13.1 Å². The van der Waals surface area contributed by atoms with Crippen LogP contribution in [0.1, 0.15) is 49.9 Å². The van der Waals surface area contributed by atoms with Gasteiger partial charge >= 0.3 is 0 Å². The van der Waals surface area contributed by atoms with Crippen LogP contribution in [-0.4, -0.2) is 74.1 Å². The Bertz CT molecular complexity index is 976. The Morgan fingerprint density at radius 1 is 0.579 bits per heavy atom. The summed E-state index contributed by atoms with van der Waals surface area (Å²) in [6, 6.07) is 8.53. The number of rotatable bonds is 11. The zero-order chi connectivity index (χ0) is 27.3. The number of carbonyl (C=O) groups is 2. The molecule has 0 spiro atoms. The summed E-state index contributed by atoms with van der Waals surface area (Å²) in [5, 5.41) is 6.32. The number of likely N-dealkylation sites (N-methyl/N-ethyl adjacent to an activating group) is 2. The lowest BCUT2D eigenvalue weighted by molar-refractivity contribution is -0.898. The highest BCUT2D eigenvalue weighted by molar-refractivity contribution is 5.95. The van der Waals surface area contributed by atoms with Gasteiger partial charge in [0.1, 0.15) is 0 Å². The molecule has 2 aromatic rings. The number of nitrogens with one attached hydrogen (secondary N) is 2. The Morgan fingerprint density at radius 3 is 1.03 bits per heavy atom. The Labute approximate surface area is 265 Å². The third-order valence-electron chi connectivity index (χ3n) is 8.03. The molecular weight excluding hydrogens is 702 g/mol. The van der Waals surface area contributed by atoms with Crippen molar-refractivity contribution in [2.45, 2.75) is 55.4 Å². The number of halogens is 2. The third kappa shape index (κ3) is 9.45. The van der Waals surface area contributed by atoms with Crippen LogP contribution in [0.4, 0.5) is 11.4 Å². The molecule has 0 saturated carbocycles. The average Bonchev–Trinajstić information content (AvgIpc) is 2.83. The van der Waals surface area contributed by atoms with Gasteiger partial charge < -0.3 is 67.6 Å². The van der Waals surface area contributed by atoms with Crippen LogP contribution in [0.2, 0.25) is 0 Å². The van der Waals surface area contributed by atoms with Crippen molar-refractivity contribution in [3.05, 3.63) is 46.5 Å². The second kappa shape index (κ2) is 15.5. The van der Waals surface area contributed by atoms with Gasteiger partial charge in [-0.2, -0.15) is 0 Å². The third-order valence-corrected chi connectivity index (χ3v) is 8.03. The Kier molecular flexibility index (Phi) is 15.0. The van der Waals surface area contributed by atoms with E-state index in [9.17, 15) is 9.59 Å². The predicted octanol–water partition coefficient (Wildman–Crippen LogP) is -0.555. The highest BCUT2D eigenvalue weighted by atomic mass is 127. The van der Waals surface area contributed by atoms with Gasteiger partial charge in [0.2, 0.25) is 0 Å². The molecule has 0 aromatic heterocycles. The largest absolute Gasteiger partial charge is 1.00 e. The van der Waals surface area contributed by atoms with Crippen LogP contribution in [0.25, 0.3) is 11.1 Å². The number of nitrogens with zero attached hydrogens (tertiary/aromatic N) is 2. The zero-order valence-electron chi connectivity index (χ0n) is 25.0. The lowest BCUT2D eigenvalue weighted by Gasteiger charge is -2.31. The second-order valence-corrected chi connectivity index (χ2v) is 10.9. The number of hydrogen-bond acceptors (Lipinski definition) is 2. The average molecular weight is 751 g/mol.